The molecule has 17 heavy (non-hydrogen) atoms. The Bertz CT molecular complexity index is 487. The quantitative estimate of drug-likeness (QED) is 0.866. The maximum absolute atomic E-state index is 6.19. The van der Waals surface area contributed by atoms with Crippen LogP contribution in [0.15, 0.2) is 34.8 Å². The van der Waals surface area contributed by atoms with Crippen molar-refractivity contribution in [3.05, 3.63) is 55.1 Å². The van der Waals surface area contributed by atoms with Crippen molar-refractivity contribution in [3.63, 3.8) is 0 Å². The number of halogens is 2. The molecule has 4 heteroatoms. The van der Waals surface area contributed by atoms with Crippen LogP contribution in [0.5, 0.6) is 0 Å². The van der Waals surface area contributed by atoms with E-state index in [4.69, 9.17) is 17.3 Å². The predicted molar refractivity (Wildman–Crippen MR) is 78.8 cm³/mol. The van der Waals surface area contributed by atoms with Crippen molar-refractivity contribution >= 4 is 38.9 Å². The highest BCUT2D eigenvalue weighted by molar-refractivity contribution is 9.10. The van der Waals surface area contributed by atoms with Gasteiger partial charge in [0.1, 0.15) is 0 Å². The maximum Gasteiger partial charge on any atom is 0.0960 e. The van der Waals surface area contributed by atoms with E-state index in [2.05, 4.69) is 34.1 Å². The zero-order chi connectivity index (χ0) is 12.4. The lowest BCUT2D eigenvalue weighted by Crippen LogP contribution is -2.11. The van der Waals surface area contributed by atoms with Gasteiger partial charge >= 0.3 is 0 Å². The van der Waals surface area contributed by atoms with Gasteiger partial charge in [-0.2, -0.15) is 0 Å². The van der Waals surface area contributed by atoms with Crippen LogP contribution in [0.3, 0.4) is 0 Å². The molecule has 2 aromatic rings. The van der Waals surface area contributed by atoms with Crippen LogP contribution in [0, 0.1) is 6.92 Å². The van der Waals surface area contributed by atoms with E-state index < -0.39 is 0 Å². The number of hydrogen-bond donors (Lipinski definition) is 1. The van der Waals surface area contributed by atoms with Crippen molar-refractivity contribution in [2.75, 3.05) is 0 Å². The second-order valence-corrected chi connectivity index (χ2v) is 6.64. The van der Waals surface area contributed by atoms with Crippen LogP contribution in [0.4, 0.5) is 0 Å². The molecule has 0 aliphatic carbocycles. The number of nitrogens with two attached hydrogens (primary N) is 1. The summed E-state index contributed by atoms with van der Waals surface area (Å²) >= 11 is 11.1. The zero-order valence-electron chi connectivity index (χ0n) is 9.41. The van der Waals surface area contributed by atoms with Gasteiger partial charge in [-0.15, -0.1) is 11.3 Å². The van der Waals surface area contributed by atoms with Crippen molar-refractivity contribution in [1.82, 2.24) is 0 Å². The Labute approximate surface area is 119 Å². The lowest BCUT2D eigenvalue weighted by Gasteiger charge is -2.09. The Morgan fingerprint density at radius 1 is 1.35 bits per heavy atom. The summed E-state index contributed by atoms with van der Waals surface area (Å²) in [5.74, 6) is 0. The molecule has 1 heterocycles. The van der Waals surface area contributed by atoms with Crippen LogP contribution in [0.1, 0.15) is 22.0 Å². The van der Waals surface area contributed by atoms with E-state index >= 15 is 0 Å². The number of rotatable bonds is 3. The minimum Gasteiger partial charge on any atom is -0.323 e. The summed E-state index contributed by atoms with van der Waals surface area (Å²) in [6.45, 7) is 2.01. The molecule has 0 saturated heterocycles. The standard InChI is InChI=1S/C13H13BrClNS/c1-8-6-12(17-13(8)15)11(16)7-9-2-4-10(14)5-3-9/h2-6,11H,7,16H2,1H3. The first-order chi connectivity index (χ1) is 8.06. The molecule has 1 aromatic carbocycles. The molecule has 90 valence electrons. The molecular weight excluding hydrogens is 318 g/mol. The fraction of sp³-hybridized carbons (Fsp3) is 0.231. The fourth-order valence-electron chi connectivity index (χ4n) is 1.64. The smallest absolute Gasteiger partial charge is 0.0960 e. The van der Waals surface area contributed by atoms with E-state index in [1.807, 2.05) is 19.1 Å². The third-order valence-electron chi connectivity index (χ3n) is 2.61. The van der Waals surface area contributed by atoms with E-state index in [-0.39, 0.29) is 6.04 Å². The highest BCUT2D eigenvalue weighted by Gasteiger charge is 2.11. The molecular formula is C13H13BrClNS. The summed E-state index contributed by atoms with van der Waals surface area (Å²) in [5.41, 5.74) is 8.54. The van der Waals surface area contributed by atoms with Gasteiger partial charge in [0.15, 0.2) is 0 Å². The molecule has 2 rings (SSSR count). The van der Waals surface area contributed by atoms with E-state index in [9.17, 15) is 0 Å². The molecule has 1 aromatic heterocycles. The molecule has 1 unspecified atom stereocenters. The summed E-state index contributed by atoms with van der Waals surface area (Å²) in [6.07, 6.45) is 0.837. The predicted octanol–water partition coefficient (Wildman–Crippen LogP) is 4.71. The average Bonchev–Trinajstić information content (AvgIpc) is 2.63. The van der Waals surface area contributed by atoms with Crippen molar-refractivity contribution in [2.24, 2.45) is 5.73 Å². The third-order valence-corrected chi connectivity index (χ3v) is 4.83. The van der Waals surface area contributed by atoms with Crippen LogP contribution in [-0.4, -0.2) is 0 Å². The van der Waals surface area contributed by atoms with Crippen molar-refractivity contribution < 1.29 is 0 Å². The number of benzene rings is 1. The topological polar surface area (TPSA) is 26.0 Å². The molecule has 0 saturated carbocycles. The van der Waals surface area contributed by atoms with E-state index in [1.165, 1.54) is 5.56 Å². The largest absolute Gasteiger partial charge is 0.323 e. The van der Waals surface area contributed by atoms with E-state index in [0.29, 0.717) is 0 Å². The molecule has 0 aliphatic heterocycles. The van der Waals surface area contributed by atoms with Gasteiger partial charge in [-0.25, -0.2) is 0 Å². The molecule has 1 atom stereocenters. The van der Waals surface area contributed by atoms with Gasteiger partial charge in [-0.05, 0) is 42.7 Å². The second-order valence-electron chi connectivity index (χ2n) is 4.04. The Morgan fingerprint density at radius 2 is 2.00 bits per heavy atom. The Kier molecular flexibility index (Phi) is 4.26. The number of thiophene rings is 1. The molecule has 1 nitrogen and oxygen atoms in total. The first-order valence-electron chi connectivity index (χ1n) is 5.32. The van der Waals surface area contributed by atoms with Crippen molar-refractivity contribution in [2.45, 2.75) is 19.4 Å². The highest BCUT2D eigenvalue weighted by atomic mass is 79.9. The van der Waals surface area contributed by atoms with Crippen LogP contribution in [-0.2, 0) is 6.42 Å². The van der Waals surface area contributed by atoms with Crippen LogP contribution >= 0.6 is 38.9 Å². The highest BCUT2D eigenvalue weighted by Crippen LogP contribution is 2.31. The van der Waals surface area contributed by atoms with Crippen LogP contribution in [0.25, 0.3) is 0 Å². The minimum atomic E-state index is 0.0207. The Balaban J connectivity index is 2.11. The average molecular weight is 331 g/mol. The first-order valence-corrected chi connectivity index (χ1v) is 7.31. The second kappa shape index (κ2) is 5.53. The maximum atomic E-state index is 6.19. The summed E-state index contributed by atoms with van der Waals surface area (Å²) in [6, 6.07) is 10.4. The zero-order valence-corrected chi connectivity index (χ0v) is 12.6. The molecule has 0 radical (unpaired) electrons. The summed E-state index contributed by atoms with van der Waals surface area (Å²) in [5, 5.41) is 0. The van der Waals surface area contributed by atoms with Crippen molar-refractivity contribution in [3.8, 4) is 0 Å². The number of hydrogen-bond acceptors (Lipinski definition) is 2. The normalized spacial score (nSPS) is 12.7. The molecule has 0 aliphatic rings. The monoisotopic (exact) mass is 329 g/mol. The molecule has 0 bridgehead atoms. The van der Waals surface area contributed by atoms with Gasteiger partial charge in [0.05, 0.1) is 4.34 Å². The summed E-state index contributed by atoms with van der Waals surface area (Å²) in [4.78, 5) is 1.15. The molecule has 0 fully saturated rings. The molecule has 0 spiro atoms. The Hall–Kier alpha value is -0.350. The lowest BCUT2D eigenvalue weighted by molar-refractivity contribution is 0.736. The fourth-order valence-corrected chi connectivity index (χ4v) is 3.12. The van der Waals surface area contributed by atoms with Gasteiger partial charge < -0.3 is 5.73 Å². The SMILES string of the molecule is Cc1cc(C(N)Cc2ccc(Br)cc2)sc1Cl. The Morgan fingerprint density at radius 3 is 2.53 bits per heavy atom. The van der Waals surface area contributed by atoms with Gasteiger partial charge in [-0.1, -0.05) is 39.7 Å². The van der Waals surface area contributed by atoms with E-state index in [1.54, 1.807) is 11.3 Å². The van der Waals surface area contributed by atoms with Crippen molar-refractivity contribution in [1.29, 1.82) is 0 Å². The van der Waals surface area contributed by atoms with Crippen LogP contribution in [0.2, 0.25) is 4.34 Å². The third kappa shape index (κ3) is 3.32. The summed E-state index contributed by atoms with van der Waals surface area (Å²) in [7, 11) is 0. The van der Waals surface area contributed by atoms with Gasteiger partial charge in [-0.3, -0.25) is 0 Å². The van der Waals surface area contributed by atoms with E-state index in [0.717, 1.165) is 25.7 Å². The molecule has 0 amide bonds. The van der Waals surface area contributed by atoms with Gasteiger partial charge in [0.2, 0.25) is 0 Å². The lowest BCUT2D eigenvalue weighted by atomic mass is 10.1. The molecule has 2 N–H and O–H groups in total. The number of aryl methyl sites for hydroxylation is 1. The first kappa shape index (κ1) is 13.1. The minimum absolute atomic E-state index is 0.0207. The van der Waals surface area contributed by atoms with Gasteiger partial charge in [0.25, 0.3) is 0 Å². The summed E-state index contributed by atoms with van der Waals surface area (Å²) < 4.78 is 1.93. The van der Waals surface area contributed by atoms with Gasteiger partial charge in [0, 0.05) is 15.4 Å². The van der Waals surface area contributed by atoms with Crippen LogP contribution < -0.4 is 5.73 Å².